The van der Waals surface area contributed by atoms with E-state index in [0.29, 0.717) is 11.4 Å². The molecule has 4 aromatic rings. The van der Waals surface area contributed by atoms with Crippen LogP contribution in [0.1, 0.15) is 52.1 Å². The first-order valence-electron chi connectivity index (χ1n) is 12.8. The van der Waals surface area contributed by atoms with Gasteiger partial charge in [0, 0.05) is 11.8 Å². The summed E-state index contributed by atoms with van der Waals surface area (Å²) in [4.78, 5) is 29.7. The predicted molar refractivity (Wildman–Crippen MR) is 143 cm³/mol. The number of para-hydroxylation sites is 1. The van der Waals surface area contributed by atoms with Gasteiger partial charge in [0.2, 0.25) is 11.8 Å². The Morgan fingerprint density at radius 1 is 0.703 bits per heavy atom. The fourth-order valence-corrected chi connectivity index (χ4v) is 7.10. The standard InChI is InChI=1S/C33H27NO3/c1-19-9-8-10-20(2)30(19)37-22-17-15-21(16-18-22)34-31(35)29-27-23-11-4-6-13-25(23)28(33(29,3)32(34)36)26-14-7-5-12-24(26)27/h4-18,27-29H,1-3H3. The number of anilines is 1. The van der Waals surface area contributed by atoms with Crippen molar-refractivity contribution in [3.05, 3.63) is 124 Å². The van der Waals surface area contributed by atoms with Crippen LogP contribution in [0.25, 0.3) is 0 Å². The van der Waals surface area contributed by atoms with E-state index in [0.717, 1.165) is 16.9 Å². The van der Waals surface area contributed by atoms with E-state index in [1.807, 2.05) is 87.5 Å². The van der Waals surface area contributed by atoms with Gasteiger partial charge in [0.1, 0.15) is 11.5 Å². The number of carbonyl (C=O) groups is 2. The highest BCUT2D eigenvalue weighted by molar-refractivity contribution is 6.25. The number of ether oxygens (including phenoxy) is 1. The molecule has 0 radical (unpaired) electrons. The van der Waals surface area contributed by atoms with Crippen LogP contribution in [0.2, 0.25) is 0 Å². The van der Waals surface area contributed by atoms with Gasteiger partial charge in [-0.1, -0.05) is 66.7 Å². The fraction of sp³-hybridized carbons (Fsp3) is 0.212. The third-order valence-corrected chi connectivity index (χ3v) is 8.74. The van der Waals surface area contributed by atoms with Gasteiger partial charge in [-0.3, -0.25) is 9.59 Å². The number of benzene rings is 4. The van der Waals surface area contributed by atoms with E-state index in [9.17, 15) is 9.59 Å². The number of amides is 2. The minimum atomic E-state index is -0.835. The number of hydrogen-bond donors (Lipinski definition) is 0. The molecule has 8 rings (SSSR count). The maximum atomic E-state index is 14.2. The van der Waals surface area contributed by atoms with E-state index >= 15 is 0 Å². The first-order valence-corrected chi connectivity index (χ1v) is 12.8. The zero-order chi connectivity index (χ0) is 25.5. The zero-order valence-electron chi connectivity index (χ0n) is 21.1. The van der Waals surface area contributed by atoms with Gasteiger partial charge >= 0.3 is 0 Å². The molecule has 0 spiro atoms. The lowest BCUT2D eigenvalue weighted by atomic mass is 9.48. The molecular formula is C33H27NO3. The number of carbonyl (C=O) groups excluding carboxylic acids is 2. The molecule has 0 N–H and O–H groups in total. The molecule has 2 unspecified atom stereocenters. The molecule has 37 heavy (non-hydrogen) atoms. The summed E-state index contributed by atoms with van der Waals surface area (Å²) >= 11 is 0. The smallest absolute Gasteiger partial charge is 0.241 e. The largest absolute Gasteiger partial charge is 0.457 e. The van der Waals surface area contributed by atoms with Crippen LogP contribution in [0.5, 0.6) is 11.5 Å². The van der Waals surface area contributed by atoms with Crippen LogP contribution in [-0.4, -0.2) is 11.8 Å². The summed E-state index contributed by atoms with van der Waals surface area (Å²) in [6, 6.07) is 30.0. The molecule has 1 heterocycles. The minimum Gasteiger partial charge on any atom is -0.457 e. The van der Waals surface area contributed by atoms with Gasteiger partial charge in [-0.15, -0.1) is 0 Å². The summed E-state index contributed by atoms with van der Waals surface area (Å²) in [5.41, 5.74) is 6.56. The summed E-state index contributed by atoms with van der Waals surface area (Å²) in [6.07, 6.45) is 0. The van der Waals surface area contributed by atoms with E-state index in [1.165, 1.54) is 27.2 Å². The lowest BCUT2D eigenvalue weighted by Crippen LogP contribution is -2.49. The van der Waals surface area contributed by atoms with Gasteiger partial charge in [0.25, 0.3) is 0 Å². The van der Waals surface area contributed by atoms with Crippen molar-refractivity contribution >= 4 is 17.5 Å². The first-order chi connectivity index (χ1) is 17.9. The van der Waals surface area contributed by atoms with Gasteiger partial charge in [0.15, 0.2) is 0 Å². The SMILES string of the molecule is Cc1cccc(C)c1Oc1ccc(N2C(=O)C3C4c5ccccc5C(c5ccccc54)C3(C)C2=O)cc1. The Bertz CT molecular complexity index is 1540. The molecule has 1 aliphatic heterocycles. The van der Waals surface area contributed by atoms with E-state index in [-0.39, 0.29) is 23.7 Å². The van der Waals surface area contributed by atoms with Gasteiger partial charge < -0.3 is 4.74 Å². The summed E-state index contributed by atoms with van der Waals surface area (Å²) in [5, 5.41) is 0. The van der Waals surface area contributed by atoms with Crippen LogP contribution in [0.4, 0.5) is 5.69 Å². The van der Waals surface area contributed by atoms with Crippen molar-refractivity contribution in [3.8, 4) is 11.5 Å². The molecule has 1 fully saturated rings. The van der Waals surface area contributed by atoms with Crippen molar-refractivity contribution in [2.75, 3.05) is 4.90 Å². The summed E-state index contributed by atoms with van der Waals surface area (Å²) in [5.74, 6) is 0.552. The molecule has 2 bridgehead atoms. The summed E-state index contributed by atoms with van der Waals surface area (Å²) in [6.45, 7) is 6.04. The van der Waals surface area contributed by atoms with E-state index in [2.05, 4.69) is 24.3 Å². The van der Waals surface area contributed by atoms with Crippen molar-refractivity contribution in [1.82, 2.24) is 0 Å². The van der Waals surface area contributed by atoms with E-state index in [1.54, 1.807) is 0 Å². The zero-order valence-corrected chi connectivity index (χ0v) is 21.1. The van der Waals surface area contributed by atoms with Crippen LogP contribution < -0.4 is 9.64 Å². The minimum absolute atomic E-state index is 0.116. The molecule has 4 aliphatic rings. The molecular weight excluding hydrogens is 458 g/mol. The van der Waals surface area contributed by atoms with E-state index in [4.69, 9.17) is 4.74 Å². The van der Waals surface area contributed by atoms with Crippen LogP contribution in [0, 0.1) is 25.2 Å². The number of aryl methyl sites for hydroxylation is 2. The molecule has 2 amide bonds. The predicted octanol–water partition coefficient (Wildman–Crippen LogP) is 6.88. The number of hydrogen-bond acceptors (Lipinski definition) is 3. The highest BCUT2D eigenvalue weighted by Gasteiger charge is 2.68. The molecule has 2 atom stereocenters. The Kier molecular flexibility index (Phi) is 4.56. The van der Waals surface area contributed by atoms with Crippen molar-refractivity contribution in [2.45, 2.75) is 32.6 Å². The molecule has 4 heteroatoms. The topological polar surface area (TPSA) is 46.6 Å². The highest BCUT2D eigenvalue weighted by Crippen LogP contribution is 2.67. The van der Waals surface area contributed by atoms with Crippen LogP contribution in [-0.2, 0) is 9.59 Å². The van der Waals surface area contributed by atoms with E-state index < -0.39 is 11.3 Å². The van der Waals surface area contributed by atoms with Gasteiger partial charge in [-0.25, -0.2) is 4.90 Å². The second-order valence-corrected chi connectivity index (χ2v) is 10.7. The second kappa shape index (κ2) is 7.66. The Balaban J connectivity index is 1.29. The molecule has 4 aromatic carbocycles. The van der Waals surface area contributed by atoms with Crippen molar-refractivity contribution in [1.29, 1.82) is 0 Å². The lowest BCUT2D eigenvalue weighted by molar-refractivity contribution is -0.128. The third-order valence-electron chi connectivity index (χ3n) is 8.74. The number of nitrogens with zero attached hydrogens (tertiary/aromatic N) is 1. The highest BCUT2D eigenvalue weighted by atomic mass is 16.5. The van der Waals surface area contributed by atoms with Gasteiger partial charge in [-0.05, 0) is 78.4 Å². The summed E-state index contributed by atoms with van der Waals surface area (Å²) < 4.78 is 6.17. The maximum absolute atomic E-state index is 14.2. The van der Waals surface area contributed by atoms with Crippen molar-refractivity contribution in [3.63, 3.8) is 0 Å². The molecule has 3 aliphatic carbocycles. The first kappa shape index (κ1) is 22.1. The summed E-state index contributed by atoms with van der Waals surface area (Å²) in [7, 11) is 0. The molecule has 1 saturated heterocycles. The maximum Gasteiger partial charge on any atom is 0.241 e. The lowest BCUT2D eigenvalue weighted by Gasteiger charge is -2.51. The quantitative estimate of drug-likeness (QED) is 0.297. The van der Waals surface area contributed by atoms with Gasteiger partial charge in [0.05, 0.1) is 17.0 Å². The normalized spacial score (nSPS) is 25.1. The third kappa shape index (κ3) is 2.84. The number of rotatable bonds is 3. The van der Waals surface area contributed by atoms with Gasteiger partial charge in [-0.2, -0.15) is 0 Å². The van der Waals surface area contributed by atoms with Crippen molar-refractivity contribution in [2.24, 2.45) is 11.3 Å². The number of imide groups is 1. The average Bonchev–Trinajstić information content (AvgIpc) is 3.12. The Labute approximate surface area is 216 Å². The second-order valence-electron chi connectivity index (χ2n) is 10.7. The fourth-order valence-electron chi connectivity index (χ4n) is 7.10. The van der Waals surface area contributed by atoms with Crippen molar-refractivity contribution < 1.29 is 14.3 Å². The molecule has 0 aromatic heterocycles. The Morgan fingerprint density at radius 3 is 1.81 bits per heavy atom. The van der Waals surface area contributed by atoms with Crippen LogP contribution in [0.3, 0.4) is 0 Å². The van der Waals surface area contributed by atoms with Crippen LogP contribution >= 0.6 is 0 Å². The Hall–Kier alpha value is -4.18. The molecule has 182 valence electrons. The monoisotopic (exact) mass is 485 g/mol. The molecule has 4 nitrogen and oxygen atoms in total. The Morgan fingerprint density at radius 2 is 1.24 bits per heavy atom. The average molecular weight is 486 g/mol. The molecule has 0 saturated carbocycles. The van der Waals surface area contributed by atoms with Crippen LogP contribution in [0.15, 0.2) is 91.0 Å².